The van der Waals surface area contributed by atoms with Gasteiger partial charge in [-0.25, -0.2) is 0 Å². The first-order chi connectivity index (χ1) is 14.2. The number of aliphatic hydroxyl groups excluding tert-OH is 1. The second-order valence-corrected chi connectivity index (χ2v) is 13.4. The van der Waals surface area contributed by atoms with Gasteiger partial charge in [0.15, 0.2) is 0 Å². The minimum atomic E-state index is -0.0138. The first kappa shape index (κ1) is 21.5. The second-order valence-electron chi connectivity index (χ2n) is 13.4. The third-order valence-electron chi connectivity index (χ3n) is 11.9. The van der Waals surface area contributed by atoms with Gasteiger partial charge >= 0.3 is 0 Å². The highest BCUT2D eigenvalue weighted by Crippen LogP contribution is 2.68. The molecule has 0 aromatic carbocycles. The Morgan fingerprint density at radius 1 is 0.900 bits per heavy atom. The Bertz CT molecular complexity index is 705. The van der Waals surface area contributed by atoms with Gasteiger partial charge < -0.3 is 5.11 Å². The van der Waals surface area contributed by atoms with E-state index in [1.54, 1.807) is 5.57 Å². The summed E-state index contributed by atoms with van der Waals surface area (Å²) in [5, 5.41) is 10.3. The first-order valence-corrected chi connectivity index (χ1v) is 13.5. The molecule has 10 atom stereocenters. The molecule has 0 aromatic heterocycles. The van der Waals surface area contributed by atoms with Crippen molar-refractivity contribution in [2.45, 2.75) is 112 Å². The van der Waals surface area contributed by atoms with Gasteiger partial charge in [0.05, 0.1) is 6.10 Å². The molecule has 0 spiro atoms. The molecular weight excluding hydrogens is 364 g/mol. The molecule has 0 unspecified atom stereocenters. The predicted molar refractivity (Wildman–Crippen MR) is 126 cm³/mol. The van der Waals surface area contributed by atoms with Crippen molar-refractivity contribution in [3.63, 3.8) is 0 Å². The lowest BCUT2D eigenvalue weighted by atomic mass is 9.44. The lowest BCUT2D eigenvalue weighted by molar-refractivity contribution is -0.129. The van der Waals surface area contributed by atoms with E-state index < -0.39 is 0 Å². The molecule has 1 nitrogen and oxygen atoms in total. The summed E-state index contributed by atoms with van der Waals surface area (Å²) in [6, 6.07) is 0. The Labute approximate surface area is 186 Å². The van der Waals surface area contributed by atoms with Crippen molar-refractivity contribution in [2.75, 3.05) is 0 Å². The van der Waals surface area contributed by atoms with Crippen LogP contribution in [0.1, 0.15) is 106 Å². The van der Waals surface area contributed by atoms with E-state index >= 15 is 0 Å². The van der Waals surface area contributed by atoms with Crippen LogP contribution in [-0.4, -0.2) is 11.2 Å². The summed E-state index contributed by atoms with van der Waals surface area (Å²) in [6.07, 6.45) is 13.6. The molecule has 0 amide bonds. The average Bonchev–Trinajstić information content (AvgIpc) is 3.17. The van der Waals surface area contributed by atoms with E-state index in [4.69, 9.17) is 0 Å². The van der Waals surface area contributed by atoms with Crippen LogP contribution in [0.3, 0.4) is 0 Å². The highest BCUT2D eigenvalue weighted by atomic mass is 16.3. The molecule has 30 heavy (non-hydrogen) atoms. The van der Waals surface area contributed by atoms with E-state index in [0.29, 0.717) is 10.8 Å². The third-order valence-corrected chi connectivity index (χ3v) is 11.9. The van der Waals surface area contributed by atoms with Crippen LogP contribution in [0.15, 0.2) is 11.1 Å². The van der Waals surface area contributed by atoms with Gasteiger partial charge in [0, 0.05) is 5.92 Å². The fraction of sp³-hybridized carbons (Fsp3) is 0.931. The maximum Gasteiger partial charge on any atom is 0.0543 e. The van der Waals surface area contributed by atoms with E-state index in [1.807, 2.05) is 5.57 Å². The molecule has 4 saturated carbocycles. The summed E-state index contributed by atoms with van der Waals surface area (Å²) in [7, 11) is 0. The summed E-state index contributed by atoms with van der Waals surface area (Å²) in [5.74, 6) is 7.13. The van der Waals surface area contributed by atoms with Crippen LogP contribution in [0.2, 0.25) is 0 Å². The van der Waals surface area contributed by atoms with E-state index in [9.17, 15) is 5.11 Å². The van der Waals surface area contributed by atoms with Crippen LogP contribution in [-0.2, 0) is 0 Å². The molecule has 0 aromatic rings. The van der Waals surface area contributed by atoms with Gasteiger partial charge in [-0.3, -0.25) is 0 Å². The zero-order valence-corrected chi connectivity index (χ0v) is 20.7. The van der Waals surface area contributed by atoms with Crippen molar-refractivity contribution in [2.24, 2.45) is 58.2 Å². The fourth-order valence-electron chi connectivity index (χ4n) is 10.3. The van der Waals surface area contributed by atoms with Gasteiger partial charge in [0.2, 0.25) is 0 Å². The van der Waals surface area contributed by atoms with Crippen LogP contribution in [0, 0.1) is 58.2 Å². The molecule has 0 saturated heterocycles. The number of allylic oxidation sites excluding steroid dienone is 2. The van der Waals surface area contributed by atoms with Gasteiger partial charge in [-0.2, -0.15) is 0 Å². The molecule has 5 aliphatic carbocycles. The van der Waals surface area contributed by atoms with E-state index in [1.165, 1.54) is 51.4 Å². The number of rotatable bonds is 4. The molecule has 0 radical (unpaired) electrons. The van der Waals surface area contributed by atoms with Crippen LogP contribution >= 0.6 is 0 Å². The highest BCUT2D eigenvalue weighted by Gasteiger charge is 2.60. The predicted octanol–water partition coefficient (Wildman–Crippen LogP) is 7.63. The maximum atomic E-state index is 10.3. The lowest BCUT2D eigenvalue weighted by Crippen LogP contribution is -2.54. The van der Waals surface area contributed by atoms with Crippen LogP contribution < -0.4 is 0 Å². The fourth-order valence-corrected chi connectivity index (χ4v) is 10.3. The minimum absolute atomic E-state index is 0.0138. The number of aliphatic hydroxyl groups is 1. The highest BCUT2D eigenvalue weighted by molar-refractivity contribution is 5.40. The second kappa shape index (κ2) is 7.36. The molecule has 170 valence electrons. The van der Waals surface area contributed by atoms with E-state index in [-0.39, 0.29) is 6.10 Å². The lowest BCUT2D eigenvalue weighted by Gasteiger charge is -2.61. The molecule has 5 aliphatic rings. The molecular formula is C29H48O. The van der Waals surface area contributed by atoms with Crippen molar-refractivity contribution < 1.29 is 5.11 Å². The summed E-state index contributed by atoms with van der Waals surface area (Å²) in [6.45, 7) is 15.2. The van der Waals surface area contributed by atoms with E-state index in [2.05, 4.69) is 41.5 Å². The van der Waals surface area contributed by atoms with Crippen molar-refractivity contribution in [1.82, 2.24) is 0 Å². The topological polar surface area (TPSA) is 20.2 Å². The normalized spacial score (nSPS) is 51.4. The Kier molecular flexibility index (Phi) is 5.28. The average molecular weight is 413 g/mol. The van der Waals surface area contributed by atoms with Gasteiger partial charge in [-0.15, -0.1) is 0 Å². The zero-order valence-electron chi connectivity index (χ0n) is 20.7. The van der Waals surface area contributed by atoms with Gasteiger partial charge in [0.25, 0.3) is 0 Å². The Morgan fingerprint density at radius 2 is 1.60 bits per heavy atom. The van der Waals surface area contributed by atoms with Gasteiger partial charge in [-0.05, 0) is 123 Å². The standard InChI is InChI=1S/C29H48O/c1-17(2)27-19(4)23(27)15-18(3)24-9-10-25-22-8-7-20-16-21(30)11-13-28(20,5)26(22)12-14-29(24,25)6/h17-18,20-22,24-27,30H,7-16H2,1-6H3/t18-,20+,21+,22+,24-,25+,26+,27+,28+,29-/m1/s1. The number of hydrogen-bond donors (Lipinski definition) is 1. The van der Waals surface area contributed by atoms with Crippen molar-refractivity contribution in [3.8, 4) is 0 Å². The largest absolute Gasteiger partial charge is 0.393 e. The van der Waals surface area contributed by atoms with Crippen molar-refractivity contribution in [3.05, 3.63) is 11.1 Å². The third kappa shape index (κ3) is 3.11. The summed E-state index contributed by atoms with van der Waals surface area (Å²) in [4.78, 5) is 0. The van der Waals surface area contributed by atoms with Crippen LogP contribution in [0.5, 0.6) is 0 Å². The summed E-state index contributed by atoms with van der Waals surface area (Å²) < 4.78 is 0. The SMILES string of the molecule is CC1=C(C[C@@H](C)[C@H]2CC[C@H]3[C@@H]4CC[C@H]5C[C@@H](O)CC[C@]5(C)[C@H]4CC[C@]23C)[C@H]1C(C)C. The molecule has 0 bridgehead atoms. The van der Waals surface area contributed by atoms with Crippen molar-refractivity contribution in [1.29, 1.82) is 0 Å². The smallest absolute Gasteiger partial charge is 0.0543 e. The minimum Gasteiger partial charge on any atom is -0.393 e. The Hall–Kier alpha value is -0.300. The maximum absolute atomic E-state index is 10.3. The van der Waals surface area contributed by atoms with Crippen LogP contribution in [0.4, 0.5) is 0 Å². The Morgan fingerprint density at radius 3 is 2.30 bits per heavy atom. The molecule has 1 heteroatoms. The van der Waals surface area contributed by atoms with Gasteiger partial charge in [-0.1, -0.05) is 45.8 Å². The number of hydrogen-bond acceptors (Lipinski definition) is 1. The molecule has 0 aliphatic heterocycles. The Balaban J connectivity index is 1.31. The summed E-state index contributed by atoms with van der Waals surface area (Å²) >= 11 is 0. The quantitative estimate of drug-likeness (QED) is 0.470. The summed E-state index contributed by atoms with van der Waals surface area (Å²) in [5.41, 5.74) is 4.67. The van der Waals surface area contributed by atoms with Crippen molar-refractivity contribution >= 4 is 0 Å². The zero-order chi connectivity index (χ0) is 21.4. The first-order valence-electron chi connectivity index (χ1n) is 13.5. The van der Waals surface area contributed by atoms with E-state index in [0.717, 1.165) is 60.2 Å². The molecule has 0 heterocycles. The monoisotopic (exact) mass is 412 g/mol. The molecule has 1 N–H and O–H groups in total. The van der Waals surface area contributed by atoms with Gasteiger partial charge in [0.1, 0.15) is 0 Å². The number of fused-ring (bicyclic) bond motifs is 5. The van der Waals surface area contributed by atoms with Crippen LogP contribution in [0.25, 0.3) is 0 Å². The molecule has 4 fully saturated rings. The molecule has 5 rings (SSSR count).